The Bertz CT molecular complexity index is 360. The molecule has 1 aliphatic heterocycles. The van der Waals surface area contributed by atoms with Gasteiger partial charge in [-0.05, 0) is 0 Å². The molecule has 0 saturated carbocycles. The molecule has 0 aromatic carbocycles. The molecule has 0 spiro atoms. The van der Waals surface area contributed by atoms with Crippen molar-refractivity contribution in [2.24, 2.45) is 0 Å². The van der Waals surface area contributed by atoms with Crippen LogP contribution in [0.25, 0.3) is 0 Å². The predicted molar refractivity (Wildman–Crippen MR) is 58.5 cm³/mol. The average Bonchev–Trinajstić information content (AvgIpc) is 2.39. The molecule has 1 N–H and O–H groups in total. The second-order valence-corrected chi connectivity index (χ2v) is 3.50. The topological polar surface area (TPSA) is 67.3 Å². The van der Waals surface area contributed by atoms with E-state index in [1.165, 1.54) is 19.5 Å². The fraction of sp³-hybridized carbons (Fsp3) is 0.500. The lowest BCUT2D eigenvalue weighted by molar-refractivity contribution is 0.0600. The van der Waals surface area contributed by atoms with Gasteiger partial charge in [-0.2, -0.15) is 0 Å². The molecule has 0 aliphatic carbocycles. The molecule has 0 amide bonds. The number of methoxy groups -OCH3 is 1. The zero-order valence-electron chi connectivity index (χ0n) is 9.14. The summed E-state index contributed by atoms with van der Waals surface area (Å²) in [5.74, 6) is 0.251. The Hall–Kier alpha value is -1.69. The van der Waals surface area contributed by atoms with Gasteiger partial charge in [-0.1, -0.05) is 0 Å². The van der Waals surface area contributed by atoms with Crippen LogP contribution in [0.5, 0.6) is 0 Å². The number of anilines is 1. The number of hydrogen-bond donors (Lipinski definition) is 1. The Balaban J connectivity index is 2.09. The van der Waals surface area contributed by atoms with Crippen LogP contribution in [0.15, 0.2) is 12.4 Å². The van der Waals surface area contributed by atoms with Crippen molar-refractivity contribution >= 4 is 11.9 Å². The van der Waals surface area contributed by atoms with Crippen molar-refractivity contribution in [3.63, 3.8) is 0 Å². The van der Waals surface area contributed by atoms with Crippen LogP contribution in [0, 0.1) is 0 Å². The van der Waals surface area contributed by atoms with E-state index >= 15 is 0 Å². The van der Waals surface area contributed by atoms with E-state index < -0.39 is 5.97 Å². The summed E-state index contributed by atoms with van der Waals surface area (Å²) in [4.78, 5) is 21.6. The largest absolute Gasteiger partial charge is 0.465 e. The number of carbonyl (C=O) groups excluding carboxylic acids is 1. The van der Waals surface area contributed by atoms with E-state index in [4.69, 9.17) is 0 Å². The third kappa shape index (κ3) is 2.27. The van der Waals surface area contributed by atoms with Crippen molar-refractivity contribution in [2.45, 2.75) is 0 Å². The summed E-state index contributed by atoms with van der Waals surface area (Å²) < 4.78 is 4.58. The van der Waals surface area contributed by atoms with Gasteiger partial charge in [0.2, 0.25) is 5.95 Å². The van der Waals surface area contributed by atoms with Gasteiger partial charge in [0.05, 0.1) is 12.7 Å². The van der Waals surface area contributed by atoms with E-state index in [2.05, 4.69) is 24.9 Å². The summed E-state index contributed by atoms with van der Waals surface area (Å²) in [6, 6.07) is 0. The highest BCUT2D eigenvalue weighted by molar-refractivity contribution is 5.88. The smallest absolute Gasteiger partial charge is 0.341 e. The van der Waals surface area contributed by atoms with Crippen LogP contribution >= 0.6 is 0 Å². The molecule has 1 aliphatic rings. The maximum Gasteiger partial charge on any atom is 0.341 e. The van der Waals surface area contributed by atoms with Crippen LogP contribution in [0.2, 0.25) is 0 Å². The molecular formula is C10H14N4O2. The molecule has 0 radical (unpaired) electrons. The lowest BCUT2D eigenvalue weighted by Crippen LogP contribution is -2.44. The summed E-state index contributed by atoms with van der Waals surface area (Å²) in [6.45, 7) is 3.64. The highest BCUT2D eigenvalue weighted by Gasteiger charge is 2.13. The zero-order valence-corrected chi connectivity index (χ0v) is 9.14. The quantitative estimate of drug-likeness (QED) is 0.691. The molecular weight excluding hydrogens is 208 g/mol. The zero-order chi connectivity index (χ0) is 11.4. The van der Waals surface area contributed by atoms with E-state index in [0.717, 1.165) is 26.2 Å². The van der Waals surface area contributed by atoms with Crippen molar-refractivity contribution in [2.75, 3.05) is 38.2 Å². The molecule has 16 heavy (non-hydrogen) atoms. The standard InChI is InChI=1S/C10H14N4O2/c1-16-9(15)8-6-12-10(13-7-8)14-4-2-11-3-5-14/h6-7,11H,2-5H2,1H3. The number of nitrogens with zero attached hydrogens (tertiary/aromatic N) is 3. The Morgan fingerprint density at radius 2 is 2.00 bits per heavy atom. The second-order valence-electron chi connectivity index (χ2n) is 3.50. The summed E-state index contributed by atoms with van der Waals surface area (Å²) in [6.07, 6.45) is 2.99. The number of nitrogens with one attached hydrogen (secondary N) is 1. The van der Waals surface area contributed by atoms with Crippen molar-refractivity contribution in [1.82, 2.24) is 15.3 Å². The van der Waals surface area contributed by atoms with E-state index in [1.807, 2.05) is 0 Å². The van der Waals surface area contributed by atoms with Crippen LogP contribution in [-0.2, 0) is 4.74 Å². The van der Waals surface area contributed by atoms with E-state index in [1.54, 1.807) is 0 Å². The molecule has 0 atom stereocenters. The van der Waals surface area contributed by atoms with Crippen molar-refractivity contribution in [1.29, 1.82) is 0 Å². The van der Waals surface area contributed by atoms with Crippen molar-refractivity contribution < 1.29 is 9.53 Å². The first-order valence-electron chi connectivity index (χ1n) is 5.17. The third-order valence-corrected chi connectivity index (χ3v) is 2.46. The lowest BCUT2D eigenvalue weighted by Gasteiger charge is -2.27. The monoisotopic (exact) mass is 222 g/mol. The number of hydrogen-bond acceptors (Lipinski definition) is 6. The number of carbonyl (C=O) groups is 1. The molecule has 2 rings (SSSR count). The first-order valence-corrected chi connectivity index (χ1v) is 5.17. The molecule has 1 aromatic heterocycles. The summed E-state index contributed by atoms with van der Waals surface area (Å²) >= 11 is 0. The van der Waals surface area contributed by atoms with Gasteiger partial charge in [-0.15, -0.1) is 0 Å². The average molecular weight is 222 g/mol. The number of rotatable bonds is 2. The Labute approximate surface area is 93.6 Å². The first kappa shape index (κ1) is 10.8. The predicted octanol–water partition coefficient (Wildman–Crippen LogP) is -0.327. The molecule has 6 nitrogen and oxygen atoms in total. The second kappa shape index (κ2) is 4.89. The van der Waals surface area contributed by atoms with Gasteiger partial charge in [0.1, 0.15) is 0 Å². The van der Waals surface area contributed by atoms with Crippen molar-refractivity contribution in [3.8, 4) is 0 Å². The minimum Gasteiger partial charge on any atom is -0.465 e. The molecule has 2 heterocycles. The fourth-order valence-corrected chi connectivity index (χ4v) is 1.57. The van der Waals surface area contributed by atoms with Gasteiger partial charge in [-0.25, -0.2) is 14.8 Å². The molecule has 86 valence electrons. The van der Waals surface area contributed by atoms with Crippen LogP contribution < -0.4 is 10.2 Å². The van der Waals surface area contributed by atoms with Gasteiger partial charge in [0.25, 0.3) is 0 Å². The maximum atomic E-state index is 11.2. The number of piperazine rings is 1. The van der Waals surface area contributed by atoms with E-state index in [-0.39, 0.29) is 0 Å². The Kier molecular flexibility index (Phi) is 3.31. The summed E-state index contributed by atoms with van der Waals surface area (Å²) in [7, 11) is 1.34. The van der Waals surface area contributed by atoms with Crippen LogP contribution in [0.3, 0.4) is 0 Å². The number of aromatic nitrogens is 2. The number of ether oxygens (including phenoxy) is 1. The third-order valence-electron chi connectivity index (χ3n) is 2.46. The Morgan fingerprint density at radius 3 is 2.56 bits per heavy atom. The lowest BCUT2D eigenvalue weighted by atomic mass is 10.3. The highest BCUT2D eigenvalue weighted by Crippen LogP contribution is 2.08. The summed E-state index contributed by atoms with van der Waals surface area (Å²) in [5.41, 5.74) is 0.376. The van der Waals surface area contributed by atoms with Crippen molar-refractivity contribution in [3.05, 3.63) is 18.0 Å². The molecule has 1 fully saturated rings. The molecule has 1 aromatic rings. The summed E-state index contributed by atoms with van der Waals surface area (Å²) in [5, 5.41) is 3.25. The maximum absolute atomic E-state index is 11.2. The first-order chi connectivity index (χ1) is 7.81. The van der Waals surface area contributed by atoms with Crippen LogP contribution in [0.1, 0.15) is 10.4 Å². The van der Waals surface area contributed by atoms with E-state index in [0.29, 0.717) is 11.5 Å². The van der Waals surface area contributed by atoms with Gasteiger partial charge in [0.15, 0.2) is 0 Å². The highest BCUT2D eigenvalue weighted by atomic mass is 16.5. The molecule has 1 saturated heterocycles. The van der Waals surface area contributed by atoms with Gasteiger partial charge >= 0.3 is 5.97 Å². The number of esters is 1. The minimum atomic E-state index is -0.410. The molecule has 0 unspecified atom stereocenters. The van der Waals surface area contributed by atoms with Crippen LogP contribution in [-0.4, -0.2) is 49.2 Å². The van der Waals surface area contributed by atoms with Gasteiger partial charge in [0, 0.05) is 38.6 Å². The van der Waals surface area contributed by atoms with Gasteiger partial charge in [-0.3, -0.25) is 0 Å². The minimum absolute atomic E-state index is 0.376. The van der Waals surface area contributed by atoms with E-state index in [9.17, 15) is 4.79 Å². The fourth-order valence-electron chi connectivity index (χ4n) is 1.57. The SMILES string of the molecule is COC(=O)c1cnc(N2CCNCC2)nc1. The molecule has 0 bridgehead atoms. The normalized spacial score (nSPS) is 15.9. The Morgan fingerprint density at radius 1 is 1.38 bits per heavy atom. The van der Waals surface area contributed by atoms with Gasteiger partial charge < -0.3 is 15.0 Å². The molecule has 6 heteroatoms. The van der Waals surface area contributed by atoms with Crippen LogP contribution in [0.4, 0.5) is 5.95 Å².